The maximum atomic E-state index is 11.9. The quantitative estimate of drug-likeness (QED) is 0.908. The molecular weight excluding hydrogens is 284 g/mol. The largest absolute Gasteiger partial charge is 0.310 e. The van der Waals surface area contributed by atoms with E-state index >= 15 is 0 Å². The first-order valence-electron chi connectivity index (χ1n) is 7.76. The van der Waals surface area contributed by atoms with E-state index in [2.05, 4.69) is 30.2 Å². The van der Waals surface area contributed by atoms with Gasteiger partial charge in [0.1, 0.15) is 9.84 Å². The molecule has 0 aliphatic heterocycles. The summed E-state index contributed by atoms with van der Waals surface area (Å²) in [6, 6.07) is 2.29. The monoisotopic (exact) mass is 310 g/mol. The van der Waals surface area contributed by atoms with Crippen molar-refractivity contribution in [2.24, 2.45) is 5.92 Å². The highest BCUT2D eigenvalue weighted by Gasteiger charge is 2.33. The third-order valence-corrected chi connectivity index (χ3v) is 6.21. The van der Waals surface area contributed by atoms with Crippen LogP contribution in [-0.2, 0) is 9.84 Å². The summed E-state index contributed by atoms with van der Waals surface area (Å²) in [4.78, 5) is 4.16. The van der Waals surface area contributed by atoms with Gasteiger partial charge in [-0.2, -0.15) is 0 Å². The van der Waals surface area contributed by atoms with Crippen molar-refractivity contribution in [1.82, 2.24) is 10.3 Å². The van der Waals surface area contributed by atoms with E-state index in [0.717, 1.165) is 32.2 Å². The van der Waals surface area contributed by atoms with E-state index in [1.54, 1.807) is 0 Å². The maximum Gasteiger partial charge on any atom is 0.150 e. The Morgan fingerprint density at radius 3 is 2.81 bits per heavy atom. The van der Waals surface area contributed by atoms with Gasteiger partial charge in [-0.15, -0.1) is 0 Å². The zero-order chi connectivity index (χ0) is 15.5. The number of hydrogen-bond acceptors (Lipinski definition) is 4. The zero-order valence-electron chi connectivity index (χ0n) is 13.2. The fourth-order valence-corrected chi connectivity index (χ4v) is 4.65. The summed E-state index contributed by atoms with van der Waals surface area (Å²) >= 11 is 0. The Kier molecular flexibility index (Phi) is 5.38. The molecule has 2 rings (SSSR count). The van der Waals surface area contributed by atoms with Crippen molar-refractivity contribution in [2.45, 2.75) is 50.8 Å². The number of nitrogens with zero attached hydrogens (tertiary/aromatic N) is 1. The van der Waals surface area contributed by atoms with Crippen molar-refractivity contribution in [3.8, 4) is 0 Å². The van der Waals surface area contributed by atoms with Crippen LogP contribution in [-0.4, -0.2) is 31.5 Å². The first kappa shape index (κ1) is 16.4. The SMILES string of the molecule is CCNC(c1ccncc1C)C1CCCC(S(C)(=O)=O)C1. The van der Waals surface area contributed by atoms with Gasteiger partial charge in [-0.3, -0.25) is 4.98 Å². The average molecular weight is 310 g/mol. The lowest BCUT2D eigenvalue weighted by molar-refractivity contribution is 0.275. The second kappa shape index (κ2) is 6.88. The summed E-state index contributed by atoms with van der Waals surface area (Å²) in [5.74, 6) is 0.375. The topological polar surface area (TPSA) is 59.1 Å². The predicted octanol–water partition coefficient (Wildman–Crippen LogP) is 2.64. The Hall–Kier alpha value is -0.940. The molecule has 3 atom stereocenters. The van der Waals surface area contributed by atoms with Crippen molar-refractivity contribution in [3.63, 3.8) is 0 Å². The standard InChI is InChI=1S/C16H26N2O2S/c1-4-18-16(15-8-9-17-11-12(15)2)13-6-5-7-14(10-13)21(3,19)20/h8-9,11,13-14,16,18H,4-7,10H2,1-3H3. The fraction of sp³-hybridized carbons (Fsp3) is 0.688. The van der Waals surface area contributed by atoms with Crippen molar-refractivity contribution in [2.75, 3.05) is 12.8 Å². The normalized spacial score (nSPS) is 24.7. The molecular formula is C16H26N2O2S. The predicted molar refractivity (Wildman–Crippen MR) is 86.0 cm³/mol. The van der Waals surface area contributed by atoms with Crippen LogP contribution in [0.2, 0.25) is 0 Å². The highest BCUT2D eigenvalue weighted by molar-refractivity contribution is 7.91. The molecule has 1 aromatic heterocycles. The molecule has 21 heavy (non-hydrogen) atoms. The van der Waals surface area contributed by atoms with Crippen LogP contribution in [0.25, 0.3) is 0 Å². The number of sulfone groups is 1. The molecule has 5 heteroatoms. The van der Waals surface area contributed by atoms with Gasteiger partial charge in [0.2, 0.25) is 0 Å². The van der Waals surface area contributed by atoms with Crippen molar-refractivity contribution in [3.05, 3.63) is 29.6 Å². The van der Waals surface area contributed by atoms with E-state index in [4.69, 9.17) is 0 Å². The summed E-state index contributed by atoms with van der Waals surface area (Å²) in [7, 11) is -2.94. The minimum atomic E-state index is -2.94. The first-order chi connectivity index (χ1) is 9.93. The molecule has 0 aromatic carbocycles. The lowest BCUT2D eigenvalue weighted by atomic mass is 9.80. The molecule has 3 unspecified atom stereocenters. The Labute approximate surface area is 128 Å². The smallest absolute Gasteiger partial charge is 0.150 e. The van der Waals surface area contributed by atoms with Gasteiger partial charge in [-0.05, 0) is 55.8 Å². The van der Waals surface area contributed by atoms with Gasteiger partial charge >= 0.3 is 0 Å². The van der Waals surface area contributed by atoms with E-state index in [9.17, 15) is 8.42 Å². The number of aryl methyl sites for hydroxylation is 1. The number of pyridine rings is 1. The van der Waals surface area contributed by atoms with Gasteiger partial charge in [0.25, 0.3) is 0 Å². The lowest BCUT2D eigenvalue weighted by Crippen LogP contribution is -2.35. The molecule has 1 saturated carbocycles. The first-order valence-corrected chi connectivity index (χ1v) is 9.71. The minimum Gasteiger partial charge on any atom is -0.310 e. The van der Waals surface area contributed by atoms with E-state index in [1.165, 1.54) is 17.4 Å². The molecule has 4 nitrogen and oxygen atoms in total. The number of nitrogens with one attached hydrogen (secondary N) is 1. The Balaban J connectivity index is 2.24. The third kappa shape index (κ3) is 4.04. The molecule has 0 bridgehead atoms. The highest BCUT2D eigenvalue weighted by atomic mass is 32.2. The van der Waals surface area contributed by atoms with Gasteiger partial charge in [0.05, 0.1) is 5.25 Å². The van der Waals surface area contributed by atoms with E-state index < -0.39 is 9.84 Å². The highest BCUT2D eigenvalue weighted by Crippen LogP contribution is 2.37. The summed E-state index contributed by atoms with van der Waals surface area (Å²) in [5.41, 5.74) is 2.43. The van der Waals surface area contributed by atoms with Crippen LogP contribution < -0.4 is 5.32 Å². The molecule has 0 saturated heterocycles. The van der Waals surface area contributed by atoms with E-state index in [0.29, 0.717) is 5.92 Å². The van der Waals surface area contributed by atoms with Gasteiger partial charge in [0.15, 0.2) is 0 Å². The molecule has 1 fully saturated rings. The van der Waals surface area contributed by atoms with Gasteiger partial charge in [-0.1, -0.05) is 13.3 Å². The van der Waals surface area contributed by atoms with Crippen LogP contribution in [0.1, 0.15) is 49.8 Å². The number of rotatable bonds is 5. The Morgan fingerprint density at radius 1 is 1.43 bits per heavy atom. The Bertz CT molecular complexity index is 571. The molecule has 0 amide bonds. The number of hydrogen-bond donors (Lipinski definition) is 1. The van der Waals surface area contributed by atoms with Crippen LogP contribution in [0.4, 0.5) is 0 Å². The summed E-state index contributed by atoms with van der Waals surface area (Å²) in [6.07, 6.45) is 8.74. The van der Waals surface area contributed by atoms with Crippen LogP contribution >= 0.6 is 0 Å². The second-order valence-electron chi connectivity index (χ2n) is 6.15. The van der Waals surface area contributed by atoms with Crippen molar-refractivity contribution < 1.29 is 8.42 Å². The molecule has 118 valence electrons. The van der Waals surface area contributed by atoms with Gasteiger partial charge < -0.3 is 5.32 Å². The number of aromatic nitrogens is 1. The van der Waals surface area contributed by atoms with E-state index in [1.807, 2.05) is 12.4 Å². The maximum absolute atomic E-state index is 11.9. The molecule has 1 heterocycles. The zero-order valence-corrected chi connectivity index (χ0v) is 14.0. The lowest BCUT2D eigenvalue weighted by Gasteiger charge is -2.35. The van der Waals surface area contributed by atoms with Crippen molar-refractivity contribution >= 4 is 9.84 Å². The third-order valence-electron chi connectivity index (χ3n) is 4.57. The fourth-order valence-electron chi connectivity index (χ4n) is 3.46. The van der Waals surface area contributed by atoms with Gasteiger partial charge in [-0.25, -0.2) is 8.42 Å². The van der Waals surface area contributed by atoms with Crippen LogP contribution in [0, 0.1) is 12.8 Å². The van der Waals surface area contributed by atoms with Crippen LogP contribution in [0.3, 0.4) is 0 Å². The molecule has 1 aliphatic rings. The molecule has 0 radical (unpaired) electrons. The Morgan fingerprint density at radius 2 is 2.19 bits per heavy atom. The second-order valence-corrected chi connectivity index (χ2v) is 8.47. The molecule has 0 spiro atoms. The minimum absolute atomic E-state index is 0.181. The summed E-state index contributed by atoms with van der Waals surface area (Å²) in [5, 5.41) is 3.38. The van der Waals surface area contributed by atoms with Crippen molar-refractivity contribution in [1.29, 1.82) is 0 Å². The molecule has 1 aromatic rings. The molecule has 1 aliphatic carbocycles. The summed E-state index contributed by atoms with van der Waals surface area (Å²) < 4.78 is 23.8. The van der Waals surface area contributed by atoms with Crippen LogP contribution in [0.5, 0.6) is 0 Å². The summed E-state index contributed by atoms with van der Waals surface area (Å²) in [6.45, 7) is 5.05. The average Bonchev–Trinajstić information content (AvgIpc) is 2.45. The molecule has 1 N–H and O–H groups in total. The van der Waals surface area contributed by atoms with Gasteiger partial charge in [0, 0.05) is 24.7 Å². The van der Waals surface area contributed by atoms with Crippen LogP contribution in [0.15, 0.2) is 18.5 Å². The van der Waals surface area contributed by atoms with E-state index in [-0.39, 0.29) is 11.3 Å².